The van der Waals surface area contributed by atoms with Crippen LogP contribution in [0.5, 0.6) is 5.75 Å². The van der Waals surface area contributed by atoms with Crippen molar-refractivity contribution in [2.24, 2.45) is 23.2 Å². The first kappa shape index (κ1) is 19.0. The summed E-state index contributed by atoms with van der Waals surface area (Å²) < 4.78 is 5.47. The largest absolute Gasteiger partial charge is 0.494 e. The molecule has 1 N–H and O–H groups in total. The van der Waals surface area contributed by atoms with Gasteiger partial charge in [0, 0.05) is 12.2 Å². The van der Waals surface area contributed by atoms with Crippen LogP contribution in [-0.4, -0.2) is 35.9 Å². The van der Waals surface area contributed by atoms with Crippen LogP contribution in [0.4, 0.5) is 5.69 Å². The summed E-state index contributed by atoms with van der Waals surface area (Å²) in [7, 11) is 0. The van der Waals surface area contributed by atoms with Crippen molar-refractivity contribution in [2.45, 2.75) is 64.3 Å². The SMILES string of the molecule is CCOc1ccc(NC(=O)[C@@H]2CCCN2C(=O)C23CC4CC(CC(C4)C2)C3)cc1. The molecule has 1 aromatic carbocycles. The Morgan fingerprint density at radius 1 is 1.07 bits per heavy atom. The zero-order valence-corrected chi connectivity index (χ0v) is 17.4. The number of amides is 2. The lowest BCUT2D eigenvalue weighted by Crippen LogP contribution is -2.56. The first-order chi connectivity index (χ1) is 14.1. The zero-order chi connectivity index (χ0) is 20.0. The van der Waals surface area contributed by atoms with Gasteiger partial charge in [0.2, 0.25) is 11.8 Å². The van der Waals surface area contributed by atoms with Crippen LogP contribution >= 0.6 is 0 Å². The molecule has 4 bridgehead atoms. The monoisotopic (exact) mass is 396 g/mol. The van der Waals surface area contributed by atoms with Crippen LogP contribution in [0.2, 0.25) is 0 Å². The minimum Gasteiger partial charge on any atom is -0.494 e. The molecule has 5 nitrogen and oxygen atoms in total. The molecule has 5 fully saturated rings. The minimum atomic E-state index is -0.331. The molecule has 2 amide bonds. The summed E-state index contributed by atoms with van der Waals surface area (Å²) in [4.78, 5) is 28.7. The lowest BCUT2D eigenvalue weighted by atomic mass is 9.49. The summed E-state index contributed by atoms with van der Waals surface area (Å²) in [6, 6.07) is 7.13. The van der Waals surface area contributed by atoms with E-state index in [9.17, 15) is 9.59 Å². The van der Waals surface area contributed by atoms with E-state index in [1.165, 1.54) is 19.3 Å². The highest BCUT2D eigenvalue weighted by Gasteiger charge is 2.56. The van der Waals surface area contributed by atoms with Crippen molar-refractivity contribution >= 4 is 17.5 Å². The molecular formula is C24H32N2O3. The molecular weight excluding hydrogens is 364 g/mol. The van der Waals surface area contributed by atoms with Crippen molar-refractivity contribution in [3.63, 3.8) is 0 Å². The molecule has 6 rings (SSSR count). The van der Waals surface area contributed by atoms with Gasteiger partial charge in [-0.2, -0.15) is 0 Å². The Hall–Kier alpha value is -2.04. The second-order valence-electron chi connectivity index (χ2n) is 9.80. The van der Waals surface area contributed by atoms with E-state index in [1.807, 2.05) is 36.1 Å². The molecule has 4 saturated carbocycles. The fourth-order valence-electron chi connectivity index (χ4n) is 6.99. The minimum absolute atomic E-state index is 0.0512. The first-order valence-electron chi connectivity index (χ1n) is 11.4. The summed E-state index contributed by atoms with van der Waals surface area (Å²) in [6.45, 7) is 3.29. The third-order valence-corrected chi connectivity index (χ3v) is 7.74. The Morgan fingerprint density at radius 2 is 1.69 bits per heavy atom. The van der Waals surface area contributed by atoms with Gasteiger partial charge >= 0.3 is 0 Å². The maximum absolute atomic E-state index is 13.7. The Balaban J connectivity index is 1.28. The highest BCUT2D eigenvalue weighted by Crippen LogP contribution is 2.60. The molecule has 0 unspecified atom stereocenters. The topological polar surface area (TPSA) is 58.6 Å². The molecule has 4 aliphatic carbocycles. The van der Waals surface area contributed by atoms with Gasteiger partial charge in [0.25, 0.3) is 0 Å². The van der Waals surface area contributed by atoms with Gasteiger partial charge in [0.05, 0.1) is 12.0 Å². The molecule has 29 heavy (non-hydrogen) atoms. The molecule has 156 valence electrons. The number of likely N-dealkylation sites (tertiary alicyclic amines) is 1. The third kappa shape index (κ3) is 3.43. The molecule has 0 radical (unpaired) electrons. The predicted octanol–water partition coefficient (Wildman–Crippen LogP) is 4.23. The Labute approximate surface area is 173 Å². The van der Waals surface area contributed by atoms with Crippen molar-refractivity contribution in [1.29, 1.82) is 0 Å². The van der Waals surface area contributed by atoms with E-state index in [-0.39, 0.29) is 23.3 Å². The summed E-state index contributed by atoms with van der Waals surface area (Å²) in [5, 5.41) is 3.02. The maximum Gasteiger partial charge on any atom is 0.247 e. The maximum atomic E-state index is 13.7. The fourth-order valence-corrected chi connectivity index (χ4v) is 6.99. The van der Waals surface area contributed by atoms with Gasteiger partial charge in [-0.3, -0.25) is 9.59 Å². The van der Waals surface area contributed by atoms with Crippen molar-refractivity contribution in [3.05, 3.63) is 24.3 Å². The molecule has 5 heteroatoms. The molecule has 0 aromatic heterocycles. The summed E-state index contributed by atoms with van der Waals surface area (Å²) in [6.07, 6.45) is 8.84. The first-order valence-corrected chi connectivity index (χ1v) is 11.4. The Morgan fingerprint density at radius 3 is 2.28 bits per heavy atom. The lowest BCUT2D eigenvalue weighted by Gasteiger charge is -2.56. The van der Waals surface area contributed by atoms with Crippen molar-refractivity contribution in [3.8, 4) is 5.75 Å². The van der Waals surface area contributed by atoms with Gasteiger partial charge < -0.3 is 15.0 Å². The Bertz CT molecular complexity index is 753. The number of nitrogens with one attached hydrogen (secondary N) is 1. The zero-order valence-electron chi connectivity index (χ0n) is 17.4. The van der Waals surface area contributed by atoms with E-state index in [1.54, 1.807) is 0 Å². The van der Waals surface area contributed by atoms with Crippen molar-refractivity contribution < 1.29 is 14.3 Å². The molecule has 1 atom stereocenters. The highest BCUT2D eigenvalue weighted by molar-refractivity contribution is 5.98. The normalized spacial score (nSPS) is 35.0. The van der Waals surface area contributed by atoms with E-state index in [4.69, 9.17) is 4.74 Å². The van der Waals surface area contributed by atoms with E-state index in [0.717, 1.165) is 67.8 Å². The van der Waals surface area contributed by atoms with Crippen LogP contribution in [0.3, 0.4) is 0 Å². The molecule has 1 saturated heterocycles. The predicted molar refractivity (Wildman–Crippen MR) is 112 cm³/mol. The lowest BCUT2D eigenvalue weighted by molar-refractivity contribution is -0.160. The van der Waals surface area contributed by atoms with Gasteiger partial charge in [-0.25, -0.2) is 0 Å². The van der Waals surface area contributed by atoms with Gasteiger partial charge in [0.1, 0.15) is 11.8 Å². The summed E-state index contributed by atoms with van der Waals surface area (Å²) in [5.41, 5.74) is 0.587. The number of ether oxygens (including phenoxy) is 1. The van der Waals surface area contributed by atoms with Crippen molar-refractivity contribution in [2.75, 3.05) is 18.5 Å². The number of nitrogens with zero attached hydrogens (tertiary/aromatic N) is 1. The van der Waals surface area contributed by atoms with E-state index >= 15 is 0 Å². The van der Waals surface area contributed by atoms with Gasteiger partial charge in [-0.1, -0.05) is 0 Å². The van der Waals surface area contributed by atoms with Crippen LogP contribution in [0.1, 0.15) is 58.3 Å². The molecule has 1 aromatic rings. The second kappa shape index (κ2) is 7.33. The van der Waals surface area contributed by atoms with Gasteiger partial charge in [0.15, 0.2) is 0 Å². The quantitative estimate of drug-likeness (QED) is 0.810. The second-order valence-corrected chi connectivity index (χ2v) is 9.80. The number of anilines is 1. The van der Waals surface area contributed by atoms with Gasteiger partial charge in [-0.15, -0.1) is 0 Å². The smallest absolute Gasteiger partial charge is 0.247 e. The Kier molecular flexibility index (Phi) is 4.79. The average molecular weight is 397 g/mol. The number of hydrogen-bond donors (Lipinski definition) is 1. The summed E-state index contributed by atoms with van der Waals surface area (Å²) in [5.74, 6) is 3.24. The number of rotatable bonds is 5. The van der Waals surface area contributed by atoms with Crippen molar-refractivity contribution in [1.82, 2.24) is 4.90 Å². The standard InChI is InChI=1S/C24H32N2O3/c1-2-29-20-7-5-19(6-8-20)25-22(27)21-4-3-9-26(21)23(28)24-13-16-10-17(14-24)12-18(11-16)15-24/h5-8,16-18,21H,2-4,9-15H2,1H3,(H,25,27)/t16?,17?,18?,21-,24?/m0/s1. The fraction of sp³-hybridized carbons (Fsp3) is 0.667. The van der Waals surface area contributed by atoms with E-state index in [2.05, 4.69) is 5.32 Å². The number of carbonyl (C=O) groups excluding carboxylic acids is 2. The van der Waals surface area contributed by atoms with E-state index < -0.39 is 0 Å². The molecule has 1 aliphatic heterocycles. The van der Waals surface area contributed by atoms with Gasteiger partial charge in [-0.05, 0) is 100 Å². The molecule has 5 aliphatic rings. The number of carbonyl (C=O) groups is 2. The van der Waals surface area contributed by atoms with Crippen LogP contribution in [0.15, 0.2) is 24.3 Å². The number of benzene rings is 1. The summed E-state index contributed by atoms with van der Waals surface area (Å²) >= 11 is 0. The van der Waals surface area contributed by atoms with Crippen LogP contribution in [0.25, 0.3) is 0 Å². The highest BCUT2D eigenvalue weighted by atomic mass is 16.5. The molecule has 1 heterocycles. The van der Waals surface area contributed by atoms with E-state index in [0.29, 0.717) is 6.61 Å². The number of hydrogen-bond acceptors (Lipinski definition) is 3. The average Bonchev–Trinajstić information content (AvgIpc) is 3.18. The third-order valence-electron chi connectivity index (χ3n) is 7.74. The molecule has 0 spiro atoms. The van der Waals surface area contributed by atoms with Crippen LogP contribution in [-0.2, 0) is 9.59 Å². The van der Waals surface area contributed by atoms with Crippen LogP contribution < -0.4 is 10.1 Å². The van der Waals surface area contributed by atoms with Crippen LogP contribution in [0, 0.1) is 23.2 Å².